The summed E-state index contributed by atoms with van der Waals surface area (Å²) in [5.41, 5.74) is 5.55. The molecule has 0 atom stereocenters. The number of aromatic nitrogens is 5. The summed E-state index contributed by atoms with van der Waals surface area (Å²) >= 11 is 0. The van der Waals surface area contributed by atoms with E-state index in [9.17, 15) is 0 Å². The molecule has 0 aliphatic carbocycles. The molecule has 1 N–H and O–H groups in total. The molecule has 0 fully saturated rings. The first kappa shape index (κ1) is 15.3. The van der Waals surface area contributed by atoms with Crippen molar-refractivity contribution in [1.82, 2.24) is 24.7 Å². The molecule has 0 bridgehead atoms. The van der Waals surface area contributed by atoms with Crippen molar-refractivity contribution in [1.29, 1.82) is 0 Å². The van der Waals surface area contributed by atoms with Gasteiger partial charge in [-0.05, 0) is 31.5 Å². The molecule has 0 saturated heterocycles. The topological polar surface area (TPSA) is 81.7 Å². The van der Waals surface area contributed by atoms with E-state index in [0.29, 0.717) is 12.2 Å². The van der Waals surface area contributed by atoms with Crippen molar-refractivity contribution in [2.75, 3.05) is 12.4 Å². The Morgan fingerprint density at radius 1 is 1.24 bits per heavy atom. The quantitative estimate of drug-likeness (QED) is 0.617. The van der Waals surface area contributed by atoms with Gasteiger partial charge in [0.15, 0.2) is 5.65 Å². The predicted octanol–water partition coefficient (Wildman–Crippen LogP) is 3.19. The van der Waals surface area contributed by atoms with Crippen LogP contribution in [0.3, 0.4) is 0 Å². The Kier molecular flexibility index (Phi) is 3.68. The molecule has 7 nitrogen and oxygen atoms in total. The summed E-state index contributed by atoms with van der Waals surface area (Å²) in [5, 5.41) is 7.18. The van der Waals surface area contributed by atoms with Crippen molar-refractivity contribution in [3.63, 3.8) is 0 Å². The third kappa shape index (κ3) is 2.63. The average molecular weight is 334 g/mol. The summed E-state index contributed by atoms with van der Waals surface area (Å²) in [6, 6.07) is 6.06. The van der Waals surface area contributed by atoms with E-state index in [1.807, 2.05) is 45.4 Å². The van der Waals surface area contributed by atoms with Crippen LogP contribution in [0.1, 0.15) is 17.0 Å². The molecule has 25 heavy (non-hydrogen) atoms. The highest BCUT2D eigenvalue weighted by molar-refractivity contribution is 5.81. The van der Waals surface area contributed by atoms with Gasteiger partial charge in [-0.25, -0.2) is 4.98 Å². The second kappa shape index (κ2) is 6.01. The Labute approximate surface area is 144 Å². The smallest absolute Gasteiger partial charge is 0.205 e. The van der Waals surface area contributed by atoms with Crippen LogP contribution in [0.4, 0.5) is 5.95 Å². The molecule has 0 spiro atoms. The monoisotopic (exact) mass is 334 g/mol. The Hall–Kier alpha value is -3.22. The fourth-order valence-electron chi connectivity index (χ4n) is 3.06. The zero-order chi connectivity index (χ0) is 17.4. The number of imidazole rings is 1. The molecule has 0 aliphatic rings. The summed E-state index contributed by atoms with van der Waals surface area (Å²) in [6.07, 6.45) is 5.44. The van der Waals surface area contributed by atoms with Gasteiger partial charge < -0.3 is 14.4 Å². The minimum absolute atomic E-state index is 0.660. The minimum atomic E-state index is 0.660. The lowest BCUT2D eigenvalue weighted by Crippen LogP contribution is -2.05. The number of pyridine rings is 2. The summed E-state index contributed by atoms with van der Waals surface area (Å²) < 4.78 is 7.39. The lowest BCUT2D eigenvalue weighted by Gasteiger charge is -2.09. The molecule has 0 amide bonds. The number of anilines is 1. The Morgan fingerprint density at radius 3 is 2.80 bits per heavy atom. The van der Waals surface area contributed by atoms with Gasteiger partial charge in [0, 0.05) is 36.8 Å². The van der Waals surface area contributed by atoms with Crippen LogP contribution in [-0.2, 0) is 6.54 Å². The molecule has 126 valence electrons. The zero-order valence-corrected chi connectivity index (χ0v) is 14.3. The Bertz CT molecular complexity index is 1020. The lowest BCUT2D eigenvalue weighted by molar-refractivity contribution is 0.393. The standard InChI is InChI=1S/C18H18N6O/c1-11-16(12(2)25-23-11)14-7-15-17(21-9-14)22-18(19-3)24(15)10-13-5-4-6-20-8-13/h4-9H,10H2,1-3H3,(H,19,21,22). The summed E-state index contributed by atoms with van der Waals surface area (Å²) in [5.74, 6) is 1.55. The summed E-state index contributed by atoms with van der Waals surface area (Å²) in [4.78, 5) is 13.3. The highest BCUT2D eigenvalue weighted by Crippen LogP contribution is 2.29. The van der Waals surface area contributed by atoms with Gasteiger partial charge in [0.1, 0.15) is 5.76 Å². The van der Waals surface area contributed by atoms with E-state index in [1.54, 1.807) is 6.20 Å². The van der Waals surface area contributed by atoms with Crippen LogP contribution in [0.5, 0.6) is 0 Å². The first-order valence-electron chi connectivity index (χ1n) is 8.03. The first-order chi connectivity index (χ1) is 12.2. The molecule has 4 aromatic heterocycles. The van der Waals surface area contributed by atoms with E-state index < -0.39 is 0 Å². The van der Waals surface area contributed by atoms with E-state index in [4.69, 9.17) is 4.52 Å². The molecular weight excluding hydrogens is 316 g/mol. The number of hydrogen-bond donors (Lipinski definition) is 1. The van der Waals surface area contributed by atoms with Crippen molar-refractivity contribution >= 4 is 17.1 Å². The zero-order valence-electron chi connectivity index (χ0n) is 14.3. The number of fused-ring (bicyclic) bond motifs is 1. The molecule has 0 aromatic carbocycles. The first-order valence-corrected chi connectivity index (χ1v) is 8.03. The van der Waals surface area contributed by atoms with Crippen LogP contribution in [0, 0.1) is 13.8 Å². The number of rotatable bonds is 4. The maximum atomic E-state index is 5.29. The van der Waals surface area contributed by atoms with Crippen molar-refractivity contribution in [3.8, 4) is 11.1 Å². The van der Waals surface area contributed by atoms with Crippen LogP contribution in [-0.4, -0.2) is 31.7 Å². The number of aryl methyl sites for hydroxylation is 2. The summed E-state index contributed by atoms with van der Waals surface area (Å²) in [7, 11) is 1.86. The van der Waals surface area contributed by atoms with Gasteiger partial charge in [-0.3, -0.25) is 4.98 Å². The van der Waals surface area contributed by atoms with Gasteiger partial charge in [-0.1, -0.05) is 11.2 Å². The number of nitrogens with zero attached hydrogens (tertiary/aromatic N) is 5. The second-order valence-electron chi connectivity index (χ2n) is 5.90. The largest absolute Gasteiger partial charge is 0.361 e. The number of hydrogen-bond acceptors (Lipinski definition) is 6. The highest BCUT2D eigenvalue weighted by Gasteiger charge is 2.16. The average Bonchev–Trinajstić information content (AvgIpc) is 3.15. The van der Waals surface area contributed by atoms with E-state index in [0.717, 1.165) is 39.6 Å². The minimum Gasteiger partial charge on any atom is -0.361 e. The summed E-state index contributed by atoms with van der Waals surface area (Å²) in [6.45, 7) is 4.50. The van der Waals surface area contributed by atoms with Crippen LogP contribution in [0.15, 0.2) is 41.3 Å². The van der Waals surface area contributed by atoms with E-state index >= 15 is 0 Å². The molecule has 0 saturated carbocycles. The third-order valence-electron chi connectivity index (χ3n) is 4.21. The van der Waals surface area contributed by atoms with Gasteiger partial charge in [-0.2, -0.15) is 4.98 Å². The van der Waals surface area contributed by atoms with E-state index in [1.165, 1.54) is 0 Å². The second-order valence-corrected chi connectivity index (χ2v) is 5.90. The van der Waals surface area contributed by atoms with Crippen LogP contribution >= 0.6 is 0 Å². The van der Waals surface area contributed by atoms with Crippen molar-refractivity contribution in [3.05, 3.63) is 53.8 Å². The molecule has 0 aliphatic heterocycles. The SMILES string of the molecule is CNc1nc2ncc(-c3c(C)noc3C)cc2n1Cc1cccnc1. The molecule has 4 heterocycles. The molecule has 0 unspecified atom stereocenters. The van der Waals surface area contributed by atoms with E-state index in [-0.39, 0.29) is 0 Å². The predicted molar refractivity (Wildman–Crippen MR) is 95.4 cm³/mol. The van der Waals surface area contributed by atoms with E-state index in [2.05, 4.69) is 36.1 Å². The normalized spacial score (nSPS) is 11.2. The van der Waals surface area contributed by atoms with Gasteiger partial charge in [-0.15, -0.1) is 0 Å². The van der Waals surface area contributed by atoms with Gasteiger partial charge in [0.2, 0.25) is 5.95 Å². The van der Waals surface area contributed by atoms with Crippen molar-refractivity contribution in [2.24, 2.45) is 0 Å². The maximum Gasteiger partial charge on any atom is 0.205 e. The van der Waals surface area contributed by atoms with Crippen LogP contribution < -0.4 is 5.32 Å². The van der Waals surface area contributed by atoms with Crippen molar-refractivity contribution < 1.29 is 4.52 Å². The molecule has 4 aromatic rings. The van der Waals surface area contributed by atoms with Crippen LogP contribution in [0.2, 0.25) is 0 Å². The molecule has 4 rings (SSSR count). The fraction of sp³-hybridized carbons (Fsp3) is 0.222. The third-order valence-corrected chi connectivity index (χ3v) is 4.21. The highest BCUT2D eigenvalue weighted by atomic mass is 16.5. The van der Waals surface area contributed by atoms with Gasteiger partial charge in [0.25, 0.3) is 0 Å². The van der Waals surface area contributed by atoms with Gasteiger partial charge in [0.05, 0.1) is 17.8 Å². The van der Waals surface area contributed by atoms with Gasteiger partial charge >= 0.3 is 0 Å². The number of nitrogens with one attached hydrogen (secondary N) is 1. The van der Waals surface area contributed by atoms with Crippen molar-refractivity contribution in [2.45, 2.75) is 20.4 Å². The maximum absolute atomic E-state index is 5.29. The fourth-order valence-corrected chi connectivity index (χ4v) is 3.06. The van der Waals surface area contributed by atoms with Crippen LogP contribution in [0.25, 0.3) is 22.3 Å². The molecule has 7 heteroatoms. The Morgan fingerprint density at radius 2 is 2.12 bits per heavy atom. The molecular formula is C18H18N6O. The molecule has 0 radical (unpaired) electrons. The Balaban J connectivity index is 1.87. The lowest BCUT2D eigenvalue weighted by atomic mass is 10.1.